The zero-order valence-electron chi connectivity index (χ0n) is 13.3. The first-order valence-electron chi connectivity index (χ1n) is 7.15. The van der Waals surface area contributed by atoms with Crippen LogP contribution in [0, 0.1) is 13.8 Å². The van der Waals surface area contributed by atoms with Gasteiger partial charge in [-0.15, -0.1) is 0 Å². The molecule has 6 nitrogen and oxygen atoms in total. The van der Waals surface area contributed by atoms with Crippen LogP contribution in [-0.4, -0.2) is 36.1 Å². The zero-order chi connectivity index (χ0) is 16.8. The minimum Gasteiger partial charge on any atom is -0.383 e. The molecule has 0 saturated heterocycles. The van der Waals surface area contributed by atoms with E-state index in [-0.39, 0.29) is 5.91 Å². The minimum absolute atomic E-state index is 0.277. The van der Waals surface area contributed by atoms with Gasteiger partial charge in [0.15, 0.2) is 0 Å². The van der Waals surface area contributed by atoms with Crippen LogP contribution in [0.15, 0.2) is 28.7 Å². The van der Waals surface area contributed by atoms with Gasteiger partial charge in [-0.1, -0.05) is 22.0 Å². The maximum atomic E-state index is 12.4. The largest absolute Gasteiger partial charge is 0.383 e. The SMILES string of the molecule is COCCNc1cc(C(=O)Nc2ccc(C)c(Br)c2)nc(C)n1. The molecular weight excluding hydrogens is 360 g/mol. The van der Waals surface area contributed by atoms with E-state index >= 15 is 0 Å². The number of amides is 1. The molecule has 2 rings (SSSR count). The second-order valence-corrected chi connectivity index (χ2v) is 5.88. The van der Waals surface area contributed by atoms with Crippen LogP contribution in [0.2, 0.25) is 0 Å². The smallest absolute Gasteiger partial charge is 0.274 e. The fraction of sp³-hybridized carbons (Fsp3) is 0.312. The Hall–Kier alpha value is -1.99. The summed E-state index contributed by atoms with van der Waals surface area (Å²) in [5.41, 5.74) is 2.12. The molecule has 1 aromatic carbocycles. The number of methoxy groups -OCH3 is 1. The molecule has 0 saturated carbocycles. The predicted molar refractivity (Wildman–Crippen MR) is 94.0 cm³/mol. The molecule has 1 heterocycles. The first-order chi connectivity index (χ1) is 11.0. The summed E-state index contributed by atoms with van der Waals surface area (Å²) in [6.07, 6.45) is 0. The molecule has 7 heteroatoms. The number of halogens is 1. The molecule has 0 atom stereocenters. The van der Waals surface area contributed by atoms with Crippen molar-refractivity contribution >= 4 is 33.3 Å². The van der Waals surface area contributed by atoms with Crippen LogP contribution in [-0.2, 0) is 4.74 Å². The maximum Gasteiger partial charge on any atom is 0.274 e. The Morgan fingerprint density at radius 2 is 2.04 bits per heavy atom. The molecular formula is C16H19BrN4O2. The number of hydrogen-bond acceptors (Lipinski definition) is 5. The van der Waals surface area contributed by atoms with Crippen molar-refractivity contribution < 1.29 is 9.53 Å². The van der Waals surface area contributed by atoms with Crippen LogP contribution in [0.4, 0.5) is 11.5 Å². The summed E-state index contributed by atoms with van der Waals surface area (Å²) in [5.74, 6) is 0.855. The molecule has 0 unspecified atom stereocenters. The molecule has 0 aliphatic rings. The Labute approximate surface area is 143 Å². The highest BCUT2D eigenvalue weighted by Gasteiger charge is 2.11. The predicted octanol–water partition coefficient (Wildman–Crippen LogP) is 3.17. The van der Waals surface area contributed by atoms with Crippen molar-refractivity contribution in [2.75, 3.05) is 30.9 Å². The number of hydrogen-bond donors (Lipinski definition) is 2. The van der Waals surface area contributed by atoms with Gasteiger partial charge >= 0.3 is 0 Å². The topological polar surface area (TPSA) is 76.1 Å². The van der Waals surface area contributed by atoms with Crippen LogP contribution in [0.5, 0.6) is 0 Å². The Balaban J connectivity index is 2.13. The molecule has 1 amide bonds. The highest BCUT2D eigenvalue weighted by Crippen LogP contribution is 2.21. The molecule has 122 valence electrons. The van der Waals surface area contributed by atoms with E-state index in [1.807, 2.05) is 25.1 Å². The minimum atomic E-state index is -0.277. The van der Waals surface area contributed by atoms with E-state index in [9.17, 15) is 4.79 Å². The number of benzene rings is 1. The number of aromatic nitrogens is 2. The average molecular weight is 379 g/mol. The summed E-state index contributed by atoms with van der Waals surface area (Å²) in [7, 11) is 1.63. The normalized spacial score (nSPS) is 10.4. The van der Waals surface area contributed by atoms with E-state index in [4.69, 9.17) is 4.74 Å². The van der Waals surface area contributed by atoms with Crippen molar-refractivity contribution in [2.45, 2.75) is 13.8 Å². The summed E-state index contributed by atoms with van der Waals surface area (Å²) >= 11 is 3.45. The first-order valence-corrected chi connectivity index (χ1v) is 7.95. The summed E-state index contributed by atoms with van der Waals surface area (Å²) in [6, 6.07) is 7.27. The van der Waals surface area contributed by atoms with Crippen molar-refractivity contribution in [2.24, 2.45) is 0 Å². The third-order valence-corrected chi connectivity index (χ3v) is 3.97. The summed E-state index contributed by atoms with van der Waals surface area (Å²) in [6.45, 7) is 4.91. The van der Waals surface area contributed by atoms with Crippen LogP contribution in [0.1, 0.15) is 21.9 Å². The molecule has 0 aliphatic heterocycles. The number of nitrogens with zero attached hydrogens (tertiary/aromatic N) is 2. The molecule has 2 aromatic rings. The molecule has 0 aliphatic carbocycles. The molecule has 23 heavy (non-hydrogen) atoms. The second kappa shape index (κ2) is 8.03. The molecule has 0 bridgehead atoms. The van der Waals surface area contributed by atoms with Gasteiger partial charge in [-0.2, -0.15) is 0 Å². The Kier molecular flexibility index (Phi) is 6.06. The number of carbonyl (C=O) groups excluding carboxylic acids is 1. The lowest BCUT2D eigenvalue weighted by molar-refractivity contribution is 0.102. The molecule has 2 N–H and O–H groups in total. The van der Waals surface area contributed by atoms with Gasteiger partial charge in [0, 0.05) is 29.9 Å². The number of aryl methyl sites for hydroxylation is 2. The first kappa shape index (κ1) is 17.4. The summed E-state index contributed by atoms with van der Waals surface area (Å²) in [5, 5.41) is 5.93. The number of rotatable bonds is 6. The van der Waals surface area contributed by atoms with E-state index in [0.717, 1.165) is 10.0 Å². The second-order valence-electron chi connectivity index (χ2n) is 5.02. The van der Waals surface area contributed by atoms with Gasteiger partial charge in [0.2, 0.25) is 0 Å². The fourth-order valence-corrected chi connectivity index (χ4v) is 2.30. The van der Waals surface area contributed by atoms with Crippen LogP contribution in [0.3, 0.4) is 0 Å². The summed E-state index contributed by atoms with van der Waals surface area (Å²) < 4.78 is 5.92. The third kappa shape index (κ3) is 5.01. The summed E-state index contributed by atoms with van der Waals surface area (Å²) in [4.78, 5) is 20.8. The third-order valence-electron chi connectivity index (χ3n) is 3.11. The van der Waals surface area contributed by atoms with Crippen molar-refractivity contribution in [1.82, 2.24) is 9.97 Å². The Morgan fingerprint density at radius 3 is 2.74 bits per heavy atom. The molecule has 1 aromatic heterocycles. The van der Waals surface area contributed by atoms with Crippen LogP contribution in [0.25, 0.3) is 0 Å². The monoisotopic (exact) mass is 378 g/mol. The Morgan fingerprint density at radius 1 is 1.26 bits per heavy atom. The van der Waals surface area contributed by atoms with Crippen molar-refractivity contribution in [3.05, 3.63) is 45.8 Å². The van der Waals surface area contributed by atoms with Crippen LogP contribution >= 0.6 is 15.9 Å². The maximum absolute atomic E-state index is 12.4. The van der Waals surface area contributed by atoms with Gasteiger partial charge in [-0.3, -0.25) is 4.79 Å². The van der Waals surface area contributed by atoms with E-state index in [0.29, 0.717) is 36.2 Å². The highest BCUT2D eigenvalue weighted by molar-refractivity contribution is 9.10. The van der Waals surface area contributed by atoms with E-state index in [2.05, 4.69) is 36.5 Å². The van der Waals surface area contributed by atoms with Gasteiger partial charge in [-0.05, 0) is 31.5 Å². The lowest BCUT2D eigenvalue weighted by Crippen LogP contribution is -2.16. The van der Waals surface area contributed by atoms with Gasteiger partial charge in [-0.25, -0.2) is 9.97 Å². The average Bonchev–Trinajstić information content (AvgIpc) is 2.51. The van der Waals surface area contributed by atoms with Gasteiger partial charge < -0.3 is 15.4 Å². The van der Waals surface area contributed by atoms with Crippen molar-refractivity contribution in [1.29, 1.82) is 0 Å². The van der Waals surface area contributed by atoms with Crippen LogP contribution < -0.4 is 10.6 Å². The number of anilines is 2. The highest BCUT2D eigenvalue weighted by atomic mass is 79.9. The lowest BCUT2D eigenvalue weighted by Gasteiger charge is -2.09. The van der Waals surface area contributed by atoms with Gasteiger partial charge in [0.1, 0.15) is 17.3 Å². The quantitative estimate of drug-likeness (QED) is 0.754. The molecule has 0 spiro atoms. The Bertz CT molecular complexity index is 706. The zero-order valence-corrected chi connectivity index (χ0v) is 14.9. The van der Waals surface area contributed by atoms with Crippen molar-refractivity contribution in [3.8, 4) is 0 Å². The van der Waals surface area contributed by atoms with Gasteiger partial charge in [0.25, 0.3) is 5.91 Å². The van der Waals surface area contributed by atoms with E-state index < -0.39 is 0 Å². The number of nitrogens with one attached hydrogen (secondary N) is 2. The molecule has 0 radical (unpaired) electrons. The van der Waals surface area contributed by atoms with E-state index in [1.165, 1.54) is 0 Å². The van der Waals surface area contributed by atoms with Gasteiger partial charge in [0.05, 0.1) is 6.61 Å². The number of carbonyl (C=O) groups is 1. The lowest BCUT2D eigenvalue weighted by atomic mass is 10.2. The van der Waals surface area contributed by atoms with Crippen molar-refractivity contribution in [3.63, 3.8) is 0 Å². The molecule has 0 fully saturated rings. The van der Waals surface area contributed by atoms with E-state index in [1.54, 1.807) is 20.1 Å². The number of ether oxygens (including phenoxy) is 1. The standard InChI is InChI=1S/C16H19BrN4O2/c1-10-4-5-12(8-13(10)17)21-16(22)14-9-15(18-6-7-23-3)20-11(2)19-14/h4-5,8-9H,6-7H2,1-3H3,(H,21,22)(H,18,19,20). The fourth-order valence-electron chi connectivity index (χ4n) is 1.92.